The van der Waals surface area contributed by atoms with Crippen LogP contribution in [-0.4, -0.2) is 26.4 Å². The highest BCUT2D eigenvalue weighted by Crippen LogP contribution is 2.31. The highest BCUT2D eigenvalue weighted by atomic mass is 16.5. The normalized spacial score (nSPS) is 11.3. The third-order valence-corrected chi connectivity index (χ3v) is 4.29. The molecule has 32 heavy (non-hydrogen) atoms. The smallest absolute Gasteiger partial charge is 0.161 e. The van der Waals surface area contributed by atoms with Crippen LogP contribution >= 0.6 is 0 Å². The van der Waals surface area contributed by atoms with E-state index >= 15 is 0 Å². The van der Waals surface area contributed by atoms with Crippen molar-refractivity contribution in [3.8, 4) is 35.1 Å². The van der Waals surface area contributed by atoms with Gasteiger partial charge in [-0.3, -0.25) is 0 Å². The highest BCUT2D eigenvalue weighted by molar-refractivity contribution is 5.75. The van der Waals surface area contributed by atoms with Gasteiger partial charge in [0.25, 0.3) is 0 Å². The van der Waals surface area contributed by atoms with Crippen molar-refractivity contribution in [1.29, 1.82) is 10.5 Å². The molecule has 0 aromatic heterocycles. The highest BCUT2D eigenvalue weighted by Gasteiger charge is 2.10. The fraction of sp³-hybridized carbons (Fsp3) is 0.308. The van der Waals surface area contributed by atoms with E-state index in [2.05, 4.69) is 12.1 Å². The number of nitriles is 2. The SMILES string of the molecule is CCOc1ccc(/C=C(C#N)/C(C#N)=C/c2ccc(OCC)c(OCC)c2)cc1OCC. The molecule has 0 aliphatic carbocycles. The van der Waals surface area contributed by atoms with Gasteiger partial charge in [0.05, 0.1) is 37.6 Å². The molecule has 2 rings (SSSR count). The molecule has 0 saturated heterocycles. The molecule has 6 heteroatoms. The van der Waals surface area contributed by atoms with Crippen molar-refractivity contribution in [3.63, 3.8) is 0 Å². The van der Waals surface area contributed by atoms with Crippen LogP contribution in [0.2, 0.25) is 0 Å². The Morgan fingerprint density at radius 1 is 0.625 bits per heavy atom. The van der Waals surface area contributed by atoms with E-state index in [1.54, 1.807) is 36.4 Å². The van der Waals surface area contributed by atoms with E-state index in [4.69, 9.17) is 18.9 Å². The predicted octanol–water partition coefficient (Wildman–Crippen LogP) is 5.80. The summed E-state index contributed by atoms with van der Waals surface area (Å²) in [6, 6.07) is 15.1. The number of benzene rings is 2. The van der Waals surface area contributed by atoms with Crippen LogP contribution in [0.5, 0.6) is 23.0 Å². The topological polar surface area (TPSA) is 84.5 Å². The van der Waals surface area contributed by atoms with E-state index in [1.165, 1.54) is 0 Å². The van der Waals surface area contributed by atoms with Crippen LogP contribution in [0.3, 0.4) is 0 Å². The summed E-state index contributed by atoms with van der Waals surface area (Å²) < 4.78 is 22.5. The van der Waals surface area contributed by atoms with E-state index in [0.29, 0.717) is 49.4 Å². The Kier molecular flexibility index (Phi) is 9.69. The average molecular weight is 433 g/mol. The molecule has 0 amide bonds. The summed E-state index contributed by atoms with van der Waals surface area (Å²) >= 11 is 0. The zero-order valence-electron chi connectivity index (χ0n) is 19.0. The Morgan fingerprint density at radius 3 is 1.28 bits per heavy atom. The molecule has 0 atom stereocenters. The lowest BCUT2D eigenvalue weighted by molar-refractivity contribution is 0.287. The van der Waals surface area contributed by atoms with Gasteiger partial charge >= 0.3 is 0 Å². The molecular weight excluding hydrogens is 404 g/mol. The molecule has 2 aromatic rings. The molecule has 0 heterocycles. The zero-order valence-corrected chi connectivity index (χ0v) is 19.0. The quantitative estimate of drug-likeness (QED) is 0.330. The fourth-order valence-corrected chi connectivity index (χ4v) is 2.99. The molecule has 0 fully saturated rings. The Labute approximate surface area is 189 Å². The van der Waals surface area contributed by atoms with Crippen LogP contribution in [0.25, 0.3) is 12.2 Å². The second-order valence-corrected chi connectivity index (χ2v) is 6.48. The summed E-state index contributed by atoms with van der Waals surface area (Å²) in [5.41, 5.74) is 1.95. The standard InChI is InChI=1S/C26H28N2O4/c1-5-29-23-11-9-19(15-25(23)31-7-3)13-21(17-27)22(18-28)14-20-10-12-24(30-6-2)26(16-20)32-8-4/h9-16H,5-8H2,1-4H3/b21-13+,22-14+. The van der Waals surface area contributed by atoms with E-state index in [1.807, 2.05) is 39.8 Å². The minimum atomic E-state index is 0.242. The maximum atomic E-state index is 9.72. The van der Waals surface area contributed by atoms with E-state index in [-0.39, 0.29) is 11.1 Å². The molecular formula is C26H28N2O4. The van der Waals surface area contributed by atoms with Gasteiger partial charge in [0, 0.05) is 0 Å². The average Bonchev–Trinajstić information content (AvgIpc) is 2.80. The molecule has 0 bridgehead atoms. The van der Waals surface area contributed by atoms with E-state index < -0.39 is 0 Å². The van der Waals surface area contributed by atoms with Crippen molar-refractivity contribution >= 4 is 12.2 Å². The molecule has 6 nitrogen and oxygen atoms in total. The lowest BCUT2D eigenvalue weighted by atomic mass is 10.0. The number of nitrogens with zero attached hydrogens (tertiary/aromatic N) is 2. The molecule has 0 spiro atoms. The summed E-state index contributed by atoms with van der Waals surface area (Å²) in [5, 5.41) is 19.4. The van der Waals surface area contributed by atoms with Gasteiger partial charge in [-0.15, -0.1) is 0 Å². The fourth-order valence-electron chi connectivity index (χ4n) is 2.99. The van der Waals surface area contributed by atoms with Crippen molar-refractivity contribution in [2.24, 2.45) is 0 Å². The van der Waals surface area contributed by atoms with Crippen LogP contribution in [0, 0.1) is 22.7 Å². The van der Waals surface area contributed by atoms with Crippen LogP contribution < -0.4 is 18.9 Å². The number of hydrogen-bond donors (Lipinski definition) is 0. The summed E-state index contributed by atoms with van der Waals surface area (Å²) in [6.07, 6.45) is 3.32. The number of rotatable bonds is 11. The van der Waals surface area contributed by atoms with Gasteiger partial charge in [0.2, 0.25) is 0 Å². The lowest BCUT2D eigenvalue weighted by Gasteiger charge is -2.12. The summed E-state index contributed by atoms with van der Waals surface area (Å²) in [4.78, 5) is 0. The second-order valence-electron chi connectivity index (χ2n) is 6.48. The number of ether oxygens (including phenoxy) is 4. The first kappa shape index (κ1) is 24.4. The van der Waals surface area contributed by atoms with Crippen LogP contribution in [-0.2, 0) is 0 Å². The van der Waals surface area contributed by atoms with Crippen LogP contribution in [0.1, 0.15) is 38.8 Å². The van der Waals surface area contributed by atoms with Gasteiger partial charge in [-0.2, -0.15) is 10.5 Å². The molecule has 0 aliphatic rings. The van der Waals surface area contributed by atoms with Crippen molar-refractivity contribution in [2.45, 2.75) is 27.7 Å². The maximum Gasteiger partial charge on any atom is 0.161 e. The first-order chi connectivity index (χ1) is 15.6. The summed E-state index contributed by atoms with van der Waals surface area (Å²) in [6.45, 7) is 9.60. The minimum absolute atomic E-state index is 0.242. The zero-order chi connectivity index (χ0) is 23.3. The maximum absolute atomic E-state index is 9.72. The van der Waals surface area contributed by atoms with Crippen LogP contribution in [0.4, 0.5) is 0 Å². The molecule has 0 aliphatic heterocycles. The van der Waals surface area contributed by atoms with Gasteiger partial charge < -0.3 is 18.9 Å². The number of allylic oxidation sites excluding steroid dienone is 2. The van der Waals surface area contributed by atoms with Gasteiger partial charge in [-0.05, 0) is 75.2 Å². The summed E-state index contributed by atoms with van der Waals surface area (Å²) in [7, 11) is 0. The second kappa shape index (κ2) is 12.7. The van der Waals surface area contributed by atoms with Gasteiger partial charge in [-0.1, -0.05) is 12.1 Å². The third-order valence-electron chi connectivity index (χ3n) is 4.29. The predicted molar refractivity (Wildman–Crippen MR) is 125 cm³/mol. The van der Waals surface area contributed by atoms with E-state index in [0.717, 1.165) is 11.1 Å². The molecule has 0 unspecified atom stereocenters. The molecule has 0 saturated carbocycles. The Balaban J connectivity index is 2.44. The number of hydrogen-bond acceptors (Lipinski definition) is 6. The van der Waals surface area contributed by atoms with Gasteiger partial charge in [-0.25, -0.2) is 0 Å². The molecule has 2 aromatic carbocycles. The Morgan fingerprint density at radius 2 is 0.969 bits per heavy atom. The molecule has 0 N–H and O–H groups in total. The first-order valence-corrected chi connectivity index (χ1v) is 10.6. The Bertz CT molecular complexity index is 973. The third kappa shape index (κ3) is 6.55. The monoisotopic (exact) mass is 432 g/mol. The van der Waals surface area contributed by atoms with Gasteiger partial charge in [0.15, 0.2) is 23.0 Å². The lowest BCUT2D eigenvalue weighted by Crippen LogP contribution is -1.99. The minimum Gasteiger partial charge on any atom is -0.490 e. The molecule has 0 radical (unpaired) electrons. The van der Waals surface area contributed by atoms with Gasteiger partial charge in [0.1, 0.15) is 12.1 Å². The first-order valence-electron chi connectivity index (χ1n) is 10.6. The van der Waals surface area contributed by atoms with Crippen LogP contribution in [0.15, 0.2) is 47.5 Å². The summed E-state index contributed by atoms with van der Waals surface area (Å²) in [5.74, 6) is 2.46. The van der Waals surface area contributed by atoms with Crippen molar-refractivity contribution in [2.75, 3.05) is 26.4 Å². The van der Waals surface area contributed by atoms with Crippen molar-refractivity contribution < 1.29 is 18.9 Å². The van der Waals surface area contributed by atoms with Crippen molar-refractivity contribution in [3.05, 3.63) is 58.7 Å². The Hall–Kier alpha value is -3.90. The van der Waals surface area contributed by atoms with E-state index in [9.17, 15) is 10.5 Å². The largest absolute Gasteiger partial charge is 0.490 e. The molecule has 166 valence electrons. The van der Waals surface area contributed by atoms with Crippen molar-refractivity contribution in [1.82, 2.24) is 0 Å².